The van der Waals surface area contributed by atoms with Crippen molar-refractivity contribution in [3.8, 4) is 0 Å². The summed E-state index contributed by atoms with van der Waals surface area (Å²) in [7, 11) is -3.88. The Hall–Kier alpha value is -1.03. The molecule has 0 aromatic heterocycles. The van der Waals surface area contributed by atoms with Gasteiger partial charge in [-0.2, -0.15) is 8.42 Å². The highest BCUT2D eigenvalue weighted by Gasteiger charge is 2.74. The van der Waals surface area contributed by atoms with Crippen LogP contribution in [0, 0.1) is 17.8 Å². The summed E-state index contributed by atoms with van der Waals surface area (Å²) in [5.41, 5.74) is -1.60. The summed E-state index contributed by atoms with van der Waals surface area (Å²) in [5, 5.41) is 0. The van der Waals surface area contributed by atoms with Crippen molar-refractivity contribution in [1.82, 2.24) is 0 Å². The summed E-state index contributed by atoms with van der Waals surface area (Å²) in [4.78, 5) is 12.0. The van der Waals surface area contributed by atoms with Crippen LogP contribution in [-0.4, -0.2) is 38.3 Å². The van der Waals surface area contributed by atoms with Gasteiger partial charge in [0.25, 0.3) is 10.1 Å². The van der Waals surface area contributed by atoms with Gasteiger partial charge in [0, 0.05) is 12.3 Å². The molecule has 0 N–H and O–H groups in total. The van der Waals surface area contributed by atoms with Crippen molar-refractivity contribution >= 4 is 10.1 Å². The van der Waals surface area contributed by atoms with Crippen LogP contribution in [0.5, 0.6) is 0 Å². The van der Waals surface area contributed by atoms with Gasteiger partial charge in [0.1, 0.15) is 0 Å². The van der Waals surface area contributed by atoms with Crippen molar-refractivity contribution in [2.24, 2.45) is 17.8 Å². The molecule has 1 saturated carbocycles. The maximum Gasteiger partial charge on any atom is 0.297 e. The molecule has 8 heteroatoms. The predicted octanol–water partition coefficient (Wildman–Crippen LogP) is 3.40. The van der Waals surface area contributed by atoms with Gasteiger partial charge < -0.3 is 9.47 Å². The molecule has 7 nitrogen and oxygen atoms in total. The smallest absolute Gasteiger partial charge is 0.297 e. The molecule has 1 aliphatic carbocycles. The summed E-state index contributed by atoms with van der Waals surface area (Å²) in [6.07, 6.45) is 2.92. The molecule has 1 spiro atoms. The van der Waals surface area contributed by atoms with E-state index in [1.54, 1.807) is 18.2 Å². The van der Waals surface area contributed by atoms with Crippen LogP contribution >= 0.6 is 0 Å². The fraction of sp³-hybridized carbons (Fsp3) is 0.714. The van der Waals surface area contributed by atoms with Gasteiger partial charge in [-0.3, -0.25) is 4.18 Å². The minimum absolute atomic E-state index is 0.0881. The third kappa shape index (κ3) is 2.91. The SMILES string of the molecule is C[C@@H]1CCC2[C@]34OO[C@](C)(CC[C@@H]13)O[C@H]4O[C@]2(C)COS(=O)(=O)c1ccccc1. The lowest BCUT2D eigenvalue weighted by Gasteiger charge is -2.50. The summed E-state index contributed by atoms with van der Waals surface area (Å²) in [6, 6.07) is 8.16. The largest absolute Gasteiger partial charge is 0.340 e. The minimum Gasteiger partial charge on any atom is -0.340 e. The van der Waals surface area contributed by atoms with E-state index in [-0.39, 0.29) is 23.3 Å². The molecule has 4 heterocycles. The highest BCUT2D eigenvalue weighted by atomic mass is 32.2. The Balaban J connectivity index is 1.45. The van der Waals surface area contributed by atoms with E-state index >= 15 is 0 Å². The van der Waals surface area contributed by atoms with E-state index < -0.39 is 33.4 Å². The van der Waals surface area contributed by atoms with Crippen LogP contribution in [0.4, 0.5) is 0 Å². The molecular formula is C21H28O7S. The lowest BCUT2D eigenvalue weighted by Crippen LogP contribution is -2.62. The zero-order valence-corrected chi connectivity index (χ0v) is 17.8. The number of fused-ring (bicyclic) bond motifs is 2. The van der Waals surface area contributed by atoms with Crippen LogP contribution in [0.3, 0.4) is 0 Å². The van der Waals surface area contributed by atoms with Gasteiger partial charge in [-0.25, -0.2) is 9.78 Å². The van der Waals surface area contributed by atoms with E-state index in [1.807, 2.05) is 13.8 Å². The zero-order valence-electron chi connectivity index (χ0n) is 17.0. The summed E-state index contributed by atoms with van der Waals surface area (Å²) < 4.78 is 43.5. The van der Waals surface area contributed by atoms with E-state index in [0.29, 0.717) is 5.92 Å². The van der Waals surface area contributed by atoms with Crippen LogP contribution in [0.1, 0.15) is 46.5 Å². The van der Waals surface area contributed by atoms with E-state index in [1.165, 1.54) is 12.1 Å². The Morgan fingerprint density at radius 1 is 1.07 bits per heavy atom. The van der Waals surface area contributed by atoms with Gasteiger partial charge in [-0.15, -0.1) is 0 Å². The lowest BCUT2D eigenvalue weighted by atomic mass is 9.60. The molecule has 2 bridgehead atoms. The number of ether oxygens (including phenoxy) is 2. The van der Waals surface area contributed by atoms with Crippen LogP contribution < -0.4 is 0 Å². The number of hydrogen-bond acceptors (Lipinski definition) is 7. The standard InChI is InChI=1S/C21H28O7S/c1-14-9-10-17-19(2,13-24-29(22,23)15-7-5-4-6-8-15)25-18-21(17)16(14)11-12-20(3,26-18)27-28-21/h4-8,14,16-18H,9-13H2,1-3H3/t14-,16+,17?,18-,19-,20-,21-/m1/s1. The van der Waals surface area contributed by atoms with Crippen LogP contribution in [-0.2, 0) is 33.6 Å². The highest BCUT2D eigenvalue weighted by molar-refractivity contribution is 7.86. The summed E-state index contributed by atoms with van der Waals surface area (Å²) >= 11 is 0. The average molecular weight is 425 g/mol. The van der Waals surface area contributed by atoms with Crippen molar-refractivity contribution in [3.05, 3.63) is 30.3 Å². The molecule has 0 amide bonds. The molecule has 0 radical (unpaired) electrons. The van der Waals surface area contributed by atoms with E-state index in [2.05, 4.69) is 6.92 Å². The molecule has 160 valence electrons. The second-order valence-corrected chi connectivity index (χ2v) is 10.9. The molecule has 5 aliphatic rings. The first kappa shape index (κ1) is 19.9. The van der Waals surface area contributed by atoms with Crippen LogP contribution in [0.2, 0.25) is 0 Å². The number of rotatable bonds is 4. The van der Waals surface area contributed by atoms with Crippen molar-refractivity contribution in [3.63, 3.8) is 0 Å². The molecule has 4 aliphatic heterocycles. The maximum absolute atomic E-state index is 12.7. The molecule has 1 unspecified atom stereocenters. The van der Waals surface area contributed by atoms with Crippen LogP contribution in [0.15, 0.2) is 35.2 Å². The molecule has 6 rings (SSSR count). The van der Waals surface area contributed by atoms with E-state index in [4.69, 9.17) is 23.4 Å². The van der Waals surface area contributed by atoms with Crippen molar-refractivity contribution in [2.45, 2.75) is 74.6 Å². The molecule has 29 heavy (non-hydrogen) atoms. The Morgan fingerprint density at radius 2 is 1.83 bits per heavy atom. The zero-order chi connectivity index (χ0) is 20.5. The van der Waals surface area contributed by atoms with Gasteiger partial charge >= 0.3 is 0 Å². The van der Waals surface area contributed by atoms with Crippen molar-refractivity contribution in [1.29, 1.82) is 0 Å². The second kappa shape index (κ2) is 6.48. The second-order valence-electron chi connectivity index (χ2n) is 9.32. The van der Waals surface area contributed by atoms with Crippen molar-refractivity contribution < 1.29 is 31.8 Å². The highest BCUT2D eigenvalue weighted by Crippen LogP contribution is 2.63. The van der Waals surface area contributed by atoms with Gasteiger partial charge in [0.2, 0.25) is 5.79 Å². The molecule has 1 aromatic carbocycles. The molecule has 4 saturated heterocycles. The predicted molar refractivity (Wildman–Crippen MR) is 102 cm³/mol. The summed E-state index contributed by atoms with van der Waals surface area (Å²) in [5.74, 6) is -0.265. The molecular weight excluding hydrogens is 396 g/mol. The van der Waals surface area contributed by atoms with Gasteiger partial charge in [0.15, 0.2) is 11.9 Å². The number of hydrogen-bond donors (Lipinski definition) is 0. The van der Waals surface area contributed by atoms with Gasteiger partial charge in [0.05, 0.1) is 17.1 Å². The first-order chi connectivity index (χ1) is 13.7. The molecule has 1 aromatic rings. The first-order valence-electron chi connectivity index (χ1n) is 10.4. The van der Waals surface area contributed by atoms with Gasteiger partial charge in [-0.1, -0.05) is 25.1 Å². The first-order valence-corrected chi connectivity index (χ1v) is 11.8. The van der Waals surface area contributed by atoms with Crippen LogP contribution in [0.25, 0.3) is 0 Å². The normalized spacial score (nSPS) is 46.3. The minimum atomic E-state index is -3.88. The third-order valence-electron chi connectivity index (χ3n) is 7.36. The van der Waals surface area contributed by atoms with E-state index in [0.717, 1.165) is 25.7 Å². The average Bonchev–Trinajstić information content (AvgIpc) is 2.78. The topological polar surface area (TPSA) is 80.3 Å². The maximum atomic E-state index is 12.7. The van der Waals surface area contributed by atoms with Gasteiger partial charge in [-0.05, 0) is 57.1 Å². The van der Waals surface area contributed by atoms with Crippen molar-refractivity contribution in [2.75, 3.05) is 6.61 Å². The Bertz CT molecular complexity index is 890. The van der Waals surface area contributed by atoms with E-state index in [9.17, 15) is 8.42 Å². The Morgan fingerprint density at radius 3 is 2.59 bits per heavy atom. The number of benzene rings is 1. The Kier molecular flexibility index (Phi) is 4.45. The third-order valence-corrected chi connectivity index (χ3v) is 8.64. The molecule has 5 fully saturated rings. The fourth-order valence-electron chi connectivity index (χ4n) is 5.79. The quantitative estimate of drug-likeness (QED) is 0.541. The summed E-state index contributed by atoms with van der Waals surface area (Å²) in [6.45, 7) is 5.91. The monoisotopic (exact) mass is 424 g/mol. The fourth-order valence-corrected chi connectivity index (χ4v) is 6.81. The Labute approximate surface area is 171 Å². The lowest BCUT2D eigenvalue weighted by molar-refractivity contribution is -0.541. The molecule has 7 atom stereocenters.